The van der Waals surface area contributed by atoms with Gasteiger partial charge in [-0.2, -0.15) is 0 Å². The number of esters is 1. The van der Waals surface area contributed by atoms with Crippen LogP contribution in [0.1, 0.15) is 53.9 Å². The molecular weight excluding hydrogens is 352 g/mol. The summed E-state index contributed by atoms with van der Waals surface area (Å²) in [4.78, 5) is 36.0. The van der Waals surface area contributed by atoms with Crippen molar-refractivity contribution < 1.29 is 28.6 Å². The predicted octanol–water partition coefficient (Wildman–Crippen LogP) is 2.07. The summed E-state index contributed by atoms with van der Waals surface area (Å²) in [6.45, 7) is 9.32. The second-order valence-electron chi connectivity index (χ2n) is 6.35. The van der Waals surface area contributed by atoms with E-state index in [9.17, 15) is 14.4 Å². The molecule has 0 saturated carbocycles. The van der Waals surface area contributed by atoms with Gasteiger partial charge in [0.25, 0.3) is 0 Å². The summed E-state index contributed by atoms with van der Waals surface area (Å²) in [5.74, 6) is -0.700. The quantitative estimate of drug-likeness (QED) is 0.590. The Hall–Kier alpha value is -2.09. The number of alkyl carbamates (subject to hydrolysis) is 1. The third kappa shape index (κ3) is 7.21. The standard InChI is InChI=1S/C19H32N2O6/c1-6-14(7-2)27-16-11-13(18(23)25-8-3)10-15(17(16)20-12(5)22)21-19(24)26-9-4/h11,14-17H,6-10H2,1-5H3,(H,20,22)(H,21,24). The molecule has 2 N–H and O–H groups in total. The van der Waals surface area contributed by atoms with Crippen LogP contribution in [0.25, 0.3) is 0 Å². The van der Waals surface area contributed by atoms with Crippen LogP contribution < -0.4 is 10.6 Å². The lowest BCUT2D eigenvalue weighted by molar-refractivity contribution is -0.139. The van der Waals surface area contributed by atoms with Crippen LogP contribution in [0.5, 0.6) is 0 Å². The SMILES string of the molecule is CCOC(=O)NC1CC(C(=O)OCC)=CC(OC(CC)CC)C1NC(C)=O. The lowest BCUT2D eigenvalue weighted by atomic mass is 9.87. The lowest BCUT2D eigenvalue weighted by Gasteiger charge is -2.38. The van der Waals surface area contributed by atoms with Gasteiger partial charge in [0.1, 0.15) is 0 Å². The molecule has 0 spiro atoms. The normalized spacial score (nSPS) is 22.0. The van der Waals surface area contributed by atoms with Gasteiger partial charge < -0.3 is 24.8 Å². The second kappa shape index (κ2) is 11.6. The van der Waals surface area contributed by atoms with Gasteiger partial charge in [-0.15, -0.1) is 0 Å². The lowest BCUT2D eigenvalue weighted by Crippen LogP contribution is -2.59. The van der Waals surface area contributed by atoms with Crippen molar-refractivity contribution in [2.75, 3.05) is 13.2 Å². The smallest absolute Gasteiger partial charge is 0.407 e. The number of nitrogens with one attached hydrogen (secondary N) is 2. The van der Waals surface area contributed by atoms with Gasteiger partial charge in [0.15, 0.2) is 0 Å². The van der Waals surface area contributed by atoms with E-state index in [0.717, 1.165) is 12.8 Å². The number of hydrogen-bond acceptors (Lipinski definition) is 6. The number of amides is 2. The van der Waals surface area contributed by atoms with Gasteiger partial charge in [0.2, 0.25) is 5.91 Å². The van der Waals surface area contributed by atoms with Crippen LogP contribution >= 0.6 is 0 Å². The molecule has 3 atom stereocenters. The van der Waals surface area contributed by atoms with Crippen molar-refractivity contribution >= 4 is 18.0 Å². The summed E-state index contributed by atoms with van der Waals surface area (Å²) in [6, 6.07) is -1.08. The first-order valence-corrected chi connectivity index (χ1v) is 9.59. The maximum atomic E-state index is 12.3. The molecule has 1 aliphatic carbocycles. The molecule has 0 fully saturated rings. The summed E-state index contributed by atoms with van der Waals surface area (Å²) in [5, 5.41) is 5.58. The summed E-state index contributed by atoms with van der Waals surface area (Å²) >= 11 is 0. The molecule has 3 unspecified atom stereocenters. The minimum atomic E-state index is -0.607. The zero-order valence-electron chi connectivity index (χ0n) is 16.9. The molecule has 0 aliphatic heterocycles. The van der Waals surface area contributed by atoms with Crippen LogP contribution in [-0.2, 0) is 23.8 Å². The third-order valence-corrected chi connectivity index (χ3v) is 4.34. The van der Waals surface area contributed by atoms with E-state index in [-0.39, 0.29) is 31.6 Å². The minimum absolute atomic E-state index is 0.0349. The van der Waals surface area contributed by atoms with Crippen LogP contribution in [0.4, 0.5) is 4.79 Å². The van der Waals surface area contributed by atoms with Gasteiger partial charge in [-0.1, -0.05) is 13.8 Å². The highest BCUT2D eigenvalue weighted by molar-refractivity contribution is 5.89. The predicted molar refractivity (Wildman–Crippen MR) is 100 cm³/mol. The number of ether oxygens (including phenoxy) is 3. The van der Waals surface area contributed by atoms with Crippen LogP contribution in [0.3, 0.4) is 0 Å². The molecule has 154 valence electrons. The largest absolute Gasteiger partial charge is 0.463 e. The highest BCUT2D eigenvalue weighted by Gasteiger charge is 2.38. The van der Waals surface area contributed by atoms with E-state index < -0.39 is 30.3 Å². The van der Waals surface area contributed by atoms with E-state index in [1.165, 1.54) is 6.92 Å². The zero-order valence-corrected chi connectivity index (χ0v) is 16.9. The zero-order chi connectivity index (χ0) is 20.4. The average Bonchev–Trinajstić information content (AvgIpc) is 2.61. The molecule has 0 aromatic rings. The number of carbonyl (C=O) groups excluding carboxylic acids is 3. The first-order chi connectivity index (χ1) is 12.9. The van der Waals surface area contributed by atoms with Gasteiger partial charge in [0.05, 0.1) is 37.5 Å². The third-order valence-electron chi connectivity index (χ3n) is 4.34. The molecule has 0 aromatic carbocycles. The van der Waals surface area contributed by atoms with Crippen molar-refractivity contribution in [3.05, 3.63) is 11.6 Å². The highest BCUT2D eigenvalue weighted by Crippen LogP contribution is 2.25. The Labute approximate surface area is 161 Å². The number of rotatable bonds is 9. The summed E-state index contributed by atoms with van der Waals surface area (Å²) in [6.07, 6.45) is 2.28. The van der Waals surface area contributed by atoms with E-state index in [4.69, 9.17) is 14.2 Å². The van der Waals surface area contributed by atoms with Gasteiger partial charge in [-0.25, -0.2) is 9.59 Å². The maximum absolute atomic E-state index is 12.3. The molecule has 0 bridgehead atoms. The summed E-state index contributed by atoms with van der Waals surface area (Å²) in [5.41, 5.74) is 0.413. The fourth-order valence-corrected chi connectivity index (χ4v) is 3.05. The molecule has 0 radical (unpaired) electrons. The fourth-order valence-electron chi connectivity index (χ4n) is 3.05. The fraction of sp³-hybridized carbons (Fsp3) is 0.737. The van der Waals surface area contributed by atoms with Crippen molar-refractivity contribution in [3.63, 3.8) is 0 Å². The van der Waals surface area contributed by atoms with E-state index >= 15 is 0 Å². The highest BCUT2D eigenvalue weighted by atomic mass is 16.5. The molecule has 1 rings (SSSR count). The monoisotopic (exact) mass is 384 g/mol. The topological polar surface area (TPSA) is 103 Å². The Kier molecular flexibility index (Phi) is 9.85. The average molecular weight is 384 g/mol. The molecule has 27 heavy (non-hydrogen) atoms. The number of hydrogen-bond donors (Lipinski definition) is 2. The van der Waals surface area contributed by atoms with Crippen LogP contribution in [0.2, 0.25) is 0 Å². The Balaban J connectivity index is 3.17. The molecular formula is C19H32N2O6. The molecule has 8 nitrogen and oxygen atoms in total. The molecule has 0 heterocycles. The Morgan fingerprint density at radius 3 is 2.22 bits per heavy atom. The van der Waals surface area contributed by atoms with Crippen LogP contribution in [0.15, 0.2) is 11.6 Å². The molecule has 8 heteroatoms. The molecule has 1 aliphatic rings. The van der Waals surface area contributed by atoms with Crippen molar-refractivity contribution in [3.8, 4) is 0 Å². The van der Waals surface area contributed by atoms with E-state index in [2.05, 4.69) is 10.6 Å². The van der Waals surface area contributed by atoms with Crippen molar-refractivity contribution in [2.24, 2.45) is 0 Å². The molecule has 0 aromatic heterocycles. The maximum Gasteiger partial charge on any atom is 0.407 e. The first kappa shape index (κ1) is 23.0. The summed E-state index contributed by atoms with van der Waals surface area (Å²) < 4.78 is 16.2. The van der Waals surface area contributed by atoms with Gasteiger partial charge in [0, 0.05) is 18.9 Å². The van der Waals surface area contributed by atoms with Crippen molar-refractivity contribution in [2.45, 2.75) is 78.2 Å². The number of carbonyl (C=O) groups is 3. The van der Waals surface area contributed by atoms with Crippen molar-refractivity contribution in [1.29, 1.82) is 0 Å². The Bertz CT molecular complexity index is 544. The van der Waals surface area contributed by atoms with Crippen molar-refractivity contribution in [1.82, 2.24) is 10.6 Å². The minimum Gasteiger partial charge on any atom is -0.463 e. The van der Waals surface area contributed by atoms with E-state index in [1.807, 2.05) is 13.8 Å². The van der Waals surface area contributed by atoms with Crippen LogP contribution in [0, 0.1) is 0 Å². The van der Waals surface area contributed by atoms with Gasteiger partial charge in [-0.05, 0) is 32.8 Å². The Morgan fingerprint density at radius 2 is 1.70 bits per heavy atom. The van der Waals surface area contributed by atoms with Gasteiger partial charge >= 0.3 is 12.1 Å². The second-order valence-corrected chi connectivity index (χ2v) is 6.35. The molecule has 0 saturated heterocycles. The van der Waals surface area contributed by atoms with E-state index in [0.29, 0.717) is 5.57 Å². The Morgan fingerprint density at radius 1 is 1.07 bits per heavy atom. The first-order valence-electron chi connectivity index (χ1n) is 9.59. The summed E-state index contributed by atoms with van der Waals surface area (Å²) in [7, 11) is 0. The van der Waals surface area contributed by atoms with Gasteiger partial charge in [-0.3, -0.25) is 4.79 Å². The van der Waals surface area contributed by atoms with E-state index in [1.54, 1.807) is 19.9 Å². The molecule has 2 amide bonds. The van der Waals surface area contributed by atoms with Crippen LogP contribution in [-0.4, -0.2) is 55.5 Å².